The van der Waals surface area contributed by atoms with E-state index in [0.717, 1.165) is 0 Å². The molecule has 0 aliphatic carbocycles. The lowest BCUT2D eigenvalue weighted by Gasteiger charge is -2.02. The molecule has 0 aromatic carbocycles. The van der Waals surface area contributed by atoms with E-state index in [9.17, 15) is 14.7 Å². The van der Waals surface area contributed by atoms with Crippen molar-refractivity contribution in [3.63, 3.8) is 0 Å². The summed E-state index contributed by atoms with van der Waals surface area (Å²) in [7, 11) is 0. The third-order valence-electron chi connectivity index (χ3n) is 0.613. The normalized spacial score (nSPS) is 8.90. The van der Waals surface area contributed by atoms with Crippen molar-refractivity contribution in [3.8, 4) is 0 Å². The van der Waals surface area contributed by atoms with Gasteiger partial charge in [-0.15, -0.1) is 0 Å². The van der Waals surface area contributed by atoms with E-state index < -0.39 is 18.5 Å². The highest BCUT2D eigenvalue weighted by Gasteiger charge is 1.99. The van der Waals surface area contributed by atoms with Crippen LogP contribution in [-0.4, -0.2) is 30.6 Å². The number of thioether (sulfide) groups is 1. The van der Waals surface area contributed by atoms with Gasteiger partial charge in [-0.2, -0.15) is 11.8 Å². The van der Waals surface area contributed by atoms with Crippen molar-refractivity contribution in [2.45, 2.75) is 0 Å². The Labute approximate surface area is 62.6 Å². The van der Waals surface area contributed by atoms with Crippen LogP contribution in [0.25, 0.3) is 0 Å². The summed E-state index contributed by atoms with van der Waals surface area (Å²) in [6, 6.07) is 0. The van der Waals surface area contributed by atoms with Crippen LogP contribution in [0.5, 0.6) is 0 Å². The van der Waals surface area contributed by atoms with Crippen LogP contribution in [0.3, 0.4) is 0 Å². The van der Waals surface area contributed by atoms with E-state index in [-0.39, 0.29) is 5.75 Å². The maximum Gasteiger partial charge on any atom is 0.316 e. The van der Waals surface area contributed by atoms with Gasteiger partial charge in [-0.05, 0) is 6.26 Å². The number of aliphatic carboxylic acids is 1. The number of carbonyl (C=O) groups excluding carboxylic acids is 2. The zero-order chi connectivity index (χ0) is 7.98. The van der Waals surface area contributed by atoms with E-state index in [0.29, 0.717) is 0 Å². The largest absolute Gasteiger partial charge is 0.546 e. The molecule has 0 atom stereocenters. The number of ether oxygens (including phenoxy) is 1. The molecule has 0 radical (unpaired) electrons. The second kappa shape index (κ2) is 5.10. The van der Waals surface area contributed by atoms with Gasteiger partial charge in [-0.3, -0.25) is 4.79 Å². The first-order chi connectivity index (χ1) is 4.66. The van der Waals surface area contributed by atoms with Crippen LogP contribution in [-0.2, 0) is 14.3 Å². The van der Waals surface area contributed by atoms with Gasteiger partial charge >= 0.3 is 5.97 Å². The molecule has 0 heterocycles. The Morgan fingerprint density at radius 2 is 2.20 bits per heavy atom. The molecule has 0 unspecified atom stereocenters. The summed E-state index contributed by atoms with van der Waals surface area (Å²) in [6.07, 6.45) is 1.72. The number of hydrogen-bond donors (Lipinski definition) is 0. The highest BCUT2D eigenvalue weighted by atomic mass is 32.2. The van der Waals surface area contributed by atoms with Crippen LogP contribution in [0.1, 0.15) is 0 Å². The molecule has 0 aliphatic rings. The van der Waals surface area contributed by atoms with Gasteiger partial charge in [-0.1, -0.05) is 0 Å². The quantitative estimate of drug-likeness (QED) is 0.479. The fourth-order valence-corrected chi connectivity index (χ4v) is 0.618. The molecule has 5 heteroatoms. The van der Waals surface area contributed by atoms with Gasteiger partial charge in [0.2, 0.25) is 0 Å². The highest BCUT2D eigenvalue weighted by Crippen LogP contribution is 1.91. The first-order valence-electron chi connectivity index (χ1n) is 2.51. The molecule has 0 spiro atoms. The molecular formula is C5H7O4S-. The summed E-state index contributed by atoms with van der Waals surface area (Å²) in [5, 5.41) is 9.71. The van der Waals surface area contributed by atoms with Gasteiger partial charge in [0.1, 0.15) is 6.61 Å². The molecule has 0 bridgehead atoms. The summed E-state index contributed by atoms with van der Waals surface area (Å²) < 4.78 is 4.22. The Morgan fingerprint density at radius 3 is 2.60 bits per heavy atom. The summed E-state index contributed by atoms with van der Waals surface area (Å²) in [5.74, 6) is -1.74. The number of carboxylic acid groups (broad SMARTS) is 1. The van der Waals surface area contributed by atoms with Crippen molar-refractivity contribution < 1.29 is 19.4 Å². The Morgan fingerprint density at radius 1 is 1.60 bits per heavy atom. The fraction of sp³-hybridized carbons (Fsp3) is 0.600. The molecule has 0 saturated heterocycles. The predicted octanol–water partition coefficient (Wildman–Crippen LogP) is -1.36. The summed E-state index contributed by atoms with van der Waals surface area (Å²) in [4.78, 5) is 20.1. The first kappa shape index (κ1) is 9.29. The first-order valence-corrected chi connectivity index (χ1v) is 3.90. The molecule has 0 amide bonds. The molecule has 4 nitrogen and oxygen atoms in total. The van der Waals surface area contributed by atoms with Crippen molar-refractivity contribution in [1.29, 1.82) is 0 Å². The fourth-order valence-electron chi connectivity index (χ4n) is 0.299. The van der Waals surface area contributed by atoms with Crippen LogP contribution < -0.4 is 5.11 Å². The zero-order valence-electron chi connectivity index (χ0n) is 5.46. The lowest BCUT2D eigenvalue weighted by Crippen LogP contribution is -2.29. The molecule has 0 aromatic heterocycles. The Kier molecular flexibility index (Phi) is 4.74. The van der Waals surface area contributed by atoms with Crippen LogP contribution in [0.2, 0.25) is 0 Å². The van der Waals surface area contributed by atoms with Crippen LogP contribution in [0.4, 0.5) is 0 Å². The summed E-state index contributed by atoms with van der Waals surface area (Å²) >= 11 is 1.27. The molecular weight excluding hydrogens is 156 g/mol. The minimum atomic E-state index is -1.38. The van der Waals surface area contributed by atoms with Crippen molar-refractivity contribution in [2.75, 3.05) is 18.6 Å². The van der Waals surface area contributed by atoms with Gasteiger partial charge in [-0.25, -0.2) is 0 Å². The highest BCUT2D eigenvalue weighted by molar-refractivity contribution is 7.99. The van der Waals surface area contributed by atoms with E-state index in [1.807, 2.05) is 0 Å². The second-order valence-corrected chi connectivity index (χ2v) is 2.33. The summed E-state index contributed by atoms with van der Waals surface area (Å²) in [5.41, 5.74) is 0. The van der Waals surface area contributed by atoms with Gasteiger partial charge in [0.05, 0.1) is 11.7 Å². The average Bonchev–Trinajstić information content (AvgIpc) is 1.85. The second-order valence-electron chi connectivity index (χ2n) is 1.47. The monoisotopic (exact) mass is 163 g/mol. The Bertz CT molecular complexity index is 134. The van der Waals surface area contributed by atoms with Crippen molar-refractivity contribution in [1.82, 2.24) is 0 Å². The third-order valence-corrected chi connectivity index (χ3v) is 1.14. The number of carbonyl (C=O) groups is 2. The van der Waals surface area contributed by atoms with Crippen molar-refractivity contribution >= 4 is 23.7 Å². The van der Waals surface area contributed by atoms with Gasteiger partial charge in [0.15, 0.2) is 0 Å². The van der Waals surface area contributed by atoms with Crippen molar-refractivity contribution in [2.24, 2.45) is 0 Å². The maximum absolute atomic E-state index is 10.4. The number of hydrogen-bond acceptors (Lipinski definition) is 5. The Balaban J connectivity index is 3.30. The number of esters is 1. The molecule has 10 heavy (non-hydrogen) atoms. The van der Waals surface area contributed by atoms with Gasteiger partial charge in [0.25, 0.3) is 0 Å². The topological polar surface area (TPSA) is 66.4 Å². The number of carboxylic acids is 1. The third kappa shape index (κ3) is 5.43. The zero-order valence-corrected chi connectivity index (χ0v) is 6.27. The molecule has 0 aromatic rings. The smallest absolute Gasteiger partial charge is 0.316 e. The minimum absolute atomic E-state index is 0.174. The average molecular weight is 163 g/mol. The standard InChI is InChI=1S/C5H8O4S/c1-10-3-5(8)9-2-4(6)7/h2-3H2,1H3,(H,6,7)/p-1. The maximum atomic E-state index is 10.4. The Hall–Kier alpha value is -0.710. The minimum Gasteiger partial charge on any atom is -0.546 e. The molecule has 0 rings (SSSR count). The molecule has 0 N–H and O–H groups in total. The van der Waals surface area contributed by atoms with Crippen LogP contribution in [0, 0.1) is 0 Å². The SMILES string of the molecule is CSCC(=O)OCC(=O)[O-]. The van der Waals surface area contributed by atoms with Crippen LogP contribution in [0.15, 0.2) is 0 Å². The molecule has 0 saturated carbocycles. The van der Waals surface area contributed by atoms with Gasteiger partial charge in [0, 0.05) is 0 Å². The lowest BCUT2D eigenvalue weighted by atomic mass is 10.7. The summed E-state index contributed by atoms with van der Waals surface area (Å²) in [6.45, 7) is -0.653. The predicted molar refractivity (Wildman–Crippen MR) is 34.3 cm³/mol. The van der Waals surface area contributed by atoms with Crippen molar-refractivity contribution in [3.05, 3.63) is 0 Å². The van der Waals surface area contributed by atoms with E-state index >= 15 is 0 Å². The lowest BCUT2D eigenvalue weighted by molar-refractivity contribution is -0.308. The van der Waals surface area contributed by atoms with Crippen LogP contribution >= 0.6 is 11.8 Å². The van der Waals surface area contributed by atoms with E-state index in [2.05, 4.69) is 4.74 Å². The molecule has 0 fully saturated rings. The van der Waals surface area contributed by atoms with E-state index in [1.54, 1.807) is 6.26 Å². The number of rotatable bonds is 4. The van der Waals surface area contributed by atoms with E-state index in [4.69, 9.17) is 0 Å². The van der Waals surface area contributed by atoms with Gasteiger partial charge < -0.3 is 14.6 Å². The molecule has 0 aliphatic heterocycles. The van der Waals surface area contributed by atoms with E-state index in [1.165, 1.54) is 11.8 Å². The molecule has 58 valence electrons.